The van der Waals surface area contributed by atoms with Gasteiger partial charge < -0.3 is 5.32 Å². The minimum atomic E-state index is 0.299. The summed E-state index contributed by atoms with van der Waals surface area (Å²) in [4.78, 5) is 5.10. The van der Waals surface area contributed by atoms with Crippen LogP contribution in [0.3, 0.4) is 0 Å². The van der Waals surface area contributed by atoms with Crippen LogP contribution in [-0.4, -0.2) is 61.2 Å². The molecule has 1 aliphatic rings. The second-order valence-corrected chi connectivity index (χ2v) is 7.45. The Bertz CT molecular complexity index is 255. The van der Waals surface area contributed by atoms with Gasteiger partial charge in [0.1, 0.15) is 0 Å². The first-order valence-corrected chi connectivity index (χ1v) is 7.34. The van der Waals surface area contributed by atoms with Crippen LogP contribution in [0, 0.1) is 5.41 Å². The average Bonchev–Trinajstić information content (AvgIpc) is 2.21. The Kier molecular flexibility index (Phi) is 5.22. The highest BCUT2D eigenvalue weighted by atomic mass is 15.3. The highest BCUT2D eigenvalue weighted by Gasteiger charge is 2.33. The summed E-state index contributed by atoms with van der Waals surface area (Å²) in [7, 11) is 2.24. The van der Waals surface area contributed by atoms with Gasteiger partial charge in [0, 0.05) is 37.8 Å². The molecular weight excluding hydrogens is 222 g/mol. The predicted molar refractivity (Wildman–Crippen MR) is 80.1 cm³/mol. The van der Waals surface area contributed by atoms with Crippen LogP contribution in [0.5, 0.6) is 0 Å². The fourth-order valence-electron chi connectivity index (χ4n) is 2.65. The summed E-state index contributed by atoms with van der Waals surface area (Å²) in [6.45, 7) is 19.7. The minimum Gasteiger partial charge on any atom is -0.312 e. The average molecular weight is 255 g/mol. The molecule has 3 heteroatoms. The van der Waals surface area contributed by atoms with Gasteiger partial charge in [-0.25, -0.2) is 0 Å². The van der Waals surface area contributed by atoms with Crippen LogP contribution < -0.4 is 5.32 Å². The van der Waals surface area contributed by atoms with Gasteiger partial charge in [0.2, 0.25) is 0 Å². The van der Waals surface area contributed by atoms with Crippen LogP contribution in [0.1, 0.15) is 41.5 Å². The summed E-state index contributed by atoms with van der Waals surface area (Å²) in [6, 6.07) is 0.571. The van der Waals surface area contributed by atoms with Crippen molar-refractivity contribution in [2.24, 2.45) is 5.41 Å². The Labute approximate surface area is 114 Å². The molecule has 0 aromatic carbocycles. The Morgan fingerprint density at radius 1 is 1.22 bits per heavy atom. The number of piperazine rings is 1. The van der Waals surface area contributed by atoms with E-state index in [1.807, 2.05) is 0 Å². The smallest absolute Gasteiger partial charge is 0.0277 e. The summed E-state index contributed by atoms with van der Waals surface area (Å²) in [5.74, 6) is 0. The molecule has 0 aromatic heterocycles. The van der Waals surface area contributed by atoms with E-state index in [-0.39, 0.29) is 0 Å². The lowest BCUT2D eigenvalue weighted by Gasteiger charge is -2.47. The summed E-state index contributed by atoms with van der Waals surface area (Å²) in [5, 5.41) is 3.65. The van der Waals surface area contributed by atoms with Crippen molar-refractivity contribution in [2.45, 2.75) is 53.1 Å². The molecule has 1 fully saturated rings. The monoisotopic (exact) mass is 255 g/mol. The van der Waals surface area contributed by atoms with Crippen molar-refractivity contribution in [3.63, 3.8) is 0 Å². The van der Waals surface area contributed by atoms with Gasteiger partial charge in [-0.2, -0.15) is 0 Å². The molecule has 108 valence electrons. The molecular formula is C15H33N3. The van der Waals surface area contributed by atoms with Crippen molar-refractivity contribution in [2.75, 3.05) is 39.8 Å². The molecule has 1 atom stereocenters. The zero-order valence-electron chi connectivity index (χ0n) is 13.5. The van der Waals surface area contributed by atoms with Gasteiger partial charge in [-0.1, -0.05) is 27.7 Å². The van der Waals surface area contributed by atoms with Crippen LogP contribution in [-0.2, 0) is 0 Å². The zero-order chi connectivity index (χ0) is 14.0. The summed E-state index contributed by atoms with van der Waals surface area (Å²) >= 11 is 0. The topological polar surface area (TPSA) is 18.5 Å². The van der Waals surface area contributed by atoms with Crippen molar-refractivity contribution in [1.29, 1.82) is 0 Å². The van der Waals surface area contributed by atoms with Crippen LogP contribution in [0.2, 0.25) is 0 Å². The third-order valence-electron chi connectivity index (χ3n) is 4.33. The first-order valence-electron chi connectivity index (χ1n) is 7.34. The fourth-order valence-corrected chi connectivity index (χ4v) is 2.65. The van der Waals surface area contributed by atoms with Gasteiger partial charge in [0.15, 0.2) is 0 Å². The zero-order valence-corrected chi connectivity index (χ0v) is 13.5. The van der Waals surface area contributed by atoms with Crippen molar-refractivity contribution in [1.82, 2.24) is 15.1 Å². The lowest BCUT2D eigenvalue weighted by atomic mass is 9.85. The summed E-state index contributed by atoms with van der Waals surface area (Å²) in [5.41, 5.74) is 0.621. The SMILES string of the molecule is CCNC(CN1CCN(C)C(C)(C)C1)C(C)(C)C. The molecule has 0 bridgehead atoms. The van der Waals surface area contributed by atoms with Crippen molar-refractivity contribution >= 4 is 0 Å². The summed E-state index contributed by atoms with van der Waals surface area (Å²) in [6.07, 6.45) is 0. The van der Waals surface area contributed by atoms with Crippen LogP contribution in [0.25, 0.3) is 0 Å². The van der Waals surface area contributed by atoms with Gasteiger partial charge in [-0.15, -0.1) is 0 Å². The number of rotatable bonds is 4. The standard InChI is InChI=1S/C15H33N3/c1-8-16-13(14(2,3)4)11-18-10-9-17(7)15(5,6)12-18/h13,16H,8-12H2,1-7H3. The van der Waals surface area contributed by atoms with Crippen molar-refractivity contribution in [3.8, 4) is 0 Å². The van der Waals surface area contributed by atoms with Gasteiger partial charge >= 0.3 is 0 Å². The molecule has 1 saturated heterocycles. The van der Waals surface area contributed by atoms with E-state index in [4.69, 9.17) is 0 Å². The van der Waals surface area contributed by atoms with E-state index < -0.39 is 0 Å². The van der Waals surface area contributed by atoms with E-state index >= 15 is 0 Å². The Morgan fingerprint density at radius 3 is 2.28 bits per heavy atom. The van der Waals surface area contributed by atoms with Crippen molar-refractivity contribution < 1.29 is 0 Å². The lowest BCUT2D eigenvalue weighted by Crippen LogP contribution is -2.60. The quantitative estimate of drug-likeness (QED) is 0.829. The first-order chi connectivity index (χ1) is 8.16. The molecule has 0 spiro atoms. The van der Waals surface area contributed by atoms with Gasteiger partial charge in [-0.05, 0) is 32.9 Å². The highest BCUT2D eigenvalue weighted by Crippen LogP contribution is 2.23. The van der Waals surface area contributed by atoms with Gasteiger partial charge in [-0.3, -0.25) is 9.80 Å². The van der Waals surface area contributed by atoms with E-state index in [1.54, 1.807) is 0 Å². The minimum absolute atomic E-state index is 0.299. The molecule has 3 nitrogen and oxygen atoms in total. The largest absolute Gasteiger partial charge is 0.312 e. The molecule has 0 aliphatic carbocycles. The van der Waals surface area contributed by atoms with Crippen LogP contribution >= 0.6 is 0 Å². The van der Waals surface area contributed by atoms with E-state index in [0.717, 1.165) is 13.1 Å². The number of hydrogen-bond acceptors (Lipinski definition) is 3. The Morgan fingerprint density at radius 2 is 1.83 bits per heavy atom. The molecule has 1 rings (SSSR count). The molecule has 1 unspecified atom stereocenters. The predicted octanol–water partition coefficient (Wildman–Crippen LogP) is 2.04. The van der Waals surface area contributed by atoms with E-state index in [9.17, 15) is 0 Å². The van der Waals surface area contributed by atoms with E-state index in [2.05, 4.69) is 63.7 Å². The van der Waals surface area contributed by atoms with E-state index in [0.29, 0.717) is 17.0 Å². The number of hydrogen-bond donors (Lipinski definition) is 1. The first kappa shape index (κ1) is 15.9. The molecule has 0 radical (unpaired) electrons. The maximum absolute atomic E-state index is 3.65. The molecule has 0 aromatic rings. The summed E-state index contributed by atoms with van der Waals surface area (Å²) < 4.78 is 0. The molecule has 1 N–H and O–H groups in total. The van der Waals surface area contributed by atoms with Gasteiger partial charge in [0.05, 0.1) is 0 Å². The number of likely N-dealkylation sites (N-methyl/N-ethyl adjacent to an activating group) is 2. The van der Waals surface area contributed by atoms with E-state index in [1.165, 1.54) is 19.6 Å². The molecule has 18 heavy (non-hydrogen) atoms. The van der Waals surface area contributed by atoms with Crippen molar-refractivity contribution in [3.05, 3.63) is 0 Å². The maximum Gasteiger partial charge on any atom is 0.0277 e. The molecule has 0 amide bonds. The molecule has 0 saturated carbocycles. The van der Waals surface area contributed by atoms with Gasteiger partial charge in [0.25, 0.3) is 0 Å². The normalized spacial score (nSPS) is 24.2. The molecule has 1 heterocycles. The Hall–Kier alpha value is -0.120. The Balaban J connectivity index is 2.60. The van der Waals surface area contributed by atoms with Crippen LogP contribution in [0.15, 0.2) is 0 Å². The van der Waals surface area contributed by atoms with Crippen LogP contribution in [0.4, 0.5) is 0 Å². The fraction of sp³-hybridized carbons (Fsp3) is 1.00. The second kappa shape index (κ2) is 5.89. The molecule has 1 aliphatic heterocycles. The second-order valence-electron chi connectivity index (χ2n) is 7.45. The third kappa shape index (κ3) is 4.22. The number of nitrogens with one attached hydrogen (secondary N) is 1. The maximum atomic E-state index is 3.65. The number of nitrogens with zero attached hydrogens (tertiary/aromatic N) is 2. The lowest BCUT2D eigenvalue weighted by molar-refractivity contribution is 0.0273. The highest BCUT2D eigenvalue weighted by molar-refractivity contribution is 4.91. The third-order valence-corrected chi connectivity index (χ3v) is 4.33.